The van der Waals surface area contributed by atoms with Crippen LogP contribution < -0.4 is 14.8 Å². The van der Waals surface area contributed by atoms with Crippen molar-refractivity contribution in [2.24, 2.45) is 0 Å². The zero-order chi connectivity index (χ0) is 16.7. The minimum absolute atomic E-state index is 0.223. The van der Waals surface area contributed by atoms with E-state index in [9.17, 15) is 4.79 Å². The number of amides is 1. The lowest BCUT2D eigenvalue weighted by molar-refractivity contribution is 0.102. The number of carbonyl (C=O) groups is 1. The molecule has 0 aliphatic rings. The summed E-state index contributed by atoms with van der Waals surface area (Å²) in [5.41, 5.74) is 1.14. The van der Waals surface area contributed by atoms with Crippen LogP contribution in [0.4, 0.5) is 5.69 Å². The molecule has 5 nitrogen and oxygen atoms in total. The first-order valence-electron chi connectivity index (χ1n) is 7.01. The predicted molar refractivity (Wildman–Crippen MR) is 92.5 cm³/mol. The highest BCUT2D eigenvalue weighted by molar-refractivity contribution is 9.10. The molecule has 0 radical (unpaired) electrons. The smallest absolute Gasteiger partial charge is 0.255 e. The third-order valence-electron chi connectivity index (χ3n) is 3.09. The Balaban J connectivity index is 2.09. The lowest BCUT2D eigenvalue weighted by atomic mass is 10.2. The minimum atomic E-state index is -0.223. The molecule has 0 saturated heterocycles. The van der Waals surface area contributed by atoms with E-state index in [2.05, 4.69) is 21.2 Å². The van der Waals surface area contributed by atoms with Gasteiger partial charge in [-0.25, -0.2) is 0 Å². The number of hydrogen-bond donors (Lipinski definition) is 1. The average Bonchev–Trinajstić information content (AvgIpc) is 2.57. The fraction of sp³-hybridized carbons (Fsp3) is 0.235. The van der Waals surface area contributed by atoms with Gasteiger partial charge in [-0.1, -0.05) is 12.1 Å². The quantitative estimate of drug-likeness (QED) is 0.744. The van der Waals surface area contributed by atoms with Gasteiger partial charge in [-0.3, -0.25) is 4.79 Å². The van der Waals surface area contributed by atoms with E-state index in [0.29, 0.717) is 40.4 Å². The molecule has 0 aromatic heterocycles. The molecule has 0 heterocycles. The van der Waals surface area contributed by atoms with Crippen LogP contribution in [0, 0.1) is 0 Å². The Morgan fingerprint density at radius 1 is 1.09 bits per heavy atom. The van der Waals surface area contributed by atoms with E-state index >= 15 is 0 Å². The van der Waals surface area contributed by atoms with Crippen LogP contribution in [0.3, 0.4) is 0 Å². The number of benzene rings is 2. The molecule has 122 valence electrons. The summed E-state index contributed by atoms with van der Waals surface area (Å²) in [4.78, 5) is 12.4. The van der Waals surface area contributed by atoms with Crippen molar-refractivity contribution in [3.8, 4) is 11.5 Å². The summed E-state index contributed by atoms with van der Waals surface area (Å²) < 4.78 is 16.4. The number of ether oxygens (including phenoxy) is 3. The van der Waals surface area contributed by atoms with E-state index in [1.54, 1.807) is 44.6 Å². The Bertz CT molecular complexity index is 675. The predicted octanol–water partition coefficient (Wildman–Crippen LogP) is 3.74. The van der Waals surface area contributed by atoms with Gasteiger partial charge in [-0.2, -0.15) is 0 Å². The minimum Gasteiger partial charge on any atom is -0.495 e. The lowest BCUT2D eigenvalue weighted by Crippen LogP contribution is -2.13. The van der Waals surface area contributed by atoms with Gasteiger partial charge in [-0.15, -0.1) is 0 Å². The standard InChI is InChI=1S/C17H18BrNO4/c1-21-9-10-23-15-8-7-12(11-13(15)18)17(20)19-14-5-3-4-6-16(14)22-2/h3-8,11H,9-10H2,1-2H3,(H,19,20). The summed E-state index contributed by atoms with van der Waals surface area (Å²) in [6.07, 6.45) is 0. The Morgan fingerprint density at radius 3 is 2.57 bits per heavy atom. The van der Waals surface area contributed by atoms with Crippen molar-refractivity contribution < 1.29 is 19.0 Å². The molecule has 0 aliphatic carbocycles. The van der Waals surface area contributed by atoms with Gasteiger partial charge in [0, 0.05) is 12.7 Å². The van der Waals surface area contributed by atoms with Gasteiger partial charge in [0.1, 0.15) is 18.1 Å². The molecule has 0 unspecified atom stereocenters. The summed E-state index contributed by atoms with van der Waals surface area (Å²) in [6, 6.07) is 12.4. The third-order valence-corrected chi connectivity index (χ3v) is 3.71. The topological polar surface area (TPSA) is 56.8 Å². The Labute approximate surface area is 143 Å². The van der Waals surface area contributed by atoms with Crippen LogP contribution in [0.5, 0.6) is 11.5 Å². The van der Waals surface area contributed by atoms with Crippen LogP contribution >= 0.6 is 15.9 Å². The van der Waals surface area contributed by atoms with E-state index in [1.165, 1.54) is 0 Å². The highest BCUT2D eigenvalue weighted by Crippen LogP contribution is 2.28. The van der Waals surface area contributed by atoms with E-state index < -0.39 is 0 Å². The molecule has 2 rings (SSSR count). The summed E-state index contributed by atoms with van der Waals surface area (Å²) in [5, 5.41) is 2.83. The normalized spacial score (nSPS) is 10.2. The molecule has 1 N–H and O–H groups in total. The second-order valence-electron chi connectivity index (χ2n) is 4.64. The van der Waals surface area contributed by atoms with Crippen molar-refractivity contribution in [2.75, 3.05) is 32.8 Å². The van der Waals surface area contributed by atoms with Gasteiger partial charge >= 0.3 is 0 Å². The number of nitrogens with one attached hydrogen (secondary N) is 1. The zero-order valence-corrected chi connectivity index (χ0v) is 14.6. The van der Waals surface area contributed by atoms with E-state index in [1.807, 2.05) is 12.1 Å². The third kappa shape index (κ3) is 4.71. The molecule has 0 saturated carbocycles. The fourth-order valence-corrected chi connectivity index (χ4v) is 2.43. The molecular formula is C17H18BrNO4. The molecule has 2 aromatic carbocycles. The molecule has 0 fully saturated rings. The molecule has 6 heteroatoms. The molecule has 1 amide bonds. The number of rotatable bonds is 7. The van der Waals surface area contributed by atoms with Crippen molar-refractivity contribution in [2.45, 2.75) is 0 Å². The van der Waals surface area contributed by atoms with Gasteiger partial charge in [0.15, 0.2) is 0 Å². The summed E-state index contributed by atoms with van der Waals surface area (Å²) in [5.74, 6) is 1.05. The SMILES string of the molecule is COCCOc1ccc(C(=O)Nc2ccccc2OC)cc1Br. The second-order valence-corrected chi connectivity index (χ2v) is 5.50. The monoisotopic (exact) mass is 379 g/mol. The summed E-state index contributed by atoms with van der Waals surface area (Å²) in [6.45, 7) is 0.949. The van der Waals surface area contributed by atoms with Crippen molar-refractivity contribution in [1.82, 2.24) is 0 Å². The number of anilines is 1. The van der Waals surface area contributed by atoms with E-state index in [-0.39, 0.29) is 5.91 Å². The van der Waals surface area contributed by atoms with Gasteiger partial charge in [0.25, 0.3) is 5.91 Å². The highest BCUT2D eigenvalue weighted by atomic mass is 79.9. The first-order valence-corrected chi connectivity index (χ1v) is 7.80. The number of para-hydroxylation sites is 2. The maximum absolute atomic E-state index is 12.4. The van der Waals surface area contributed by atoms with Crippen molar-refractivity contribution in [3.05, 3.63) is 52.5 Å². The summed E-state index contributed by atoms with van der Waals surface area (Å²) >= 11 is 3.41. The maximum Gasteiger partial charge on any atom is 0.255 e. The van der Waals surface area contributed by atoms with E-state index in [4.69, 9.17) is 14.2 Å². The number of methoxy groups -OCH3 is 2. The molecule has 0 bridgehead atoms. The van der Waals surface area contributed by atoms with Crippen LogP contribution in [0.25, 0.3) is 0 Å². The van der Waals surface area contributed by atoms with Crippen molar-refractivity contribution in [3.63, 3.8) is 0 Å². The molecule has 23 heavy (non-hydrogen) atoms. The van der Waals surface area contributed by atoms with Gasteiger partial charge in [0.2, 0.25) is 0 Å². The molecular weight excluding hydrogens is 362 g/mol. The number of hydrogen-bond acceptors (Lipinski definition) is 4. The zero-order valence-electron chi connectivity index (χ0n) is 13.0. The van der Waals surface area contributed by atoms with Crippen LogP contribution in [0.2, 0.25) is 0 Å². The van der Waals surface area contributed by atoms with Crippen LogP contribution in [0.15, 0.2) is 46.9 Å². The largest absolute Gasteiger partial charge is 0.495 e. The van der Waals surface area contributed by atoms with Crippen LogP contribution in [0.1, 0.15) is 10.4 Å². The van der Waals surface area contributed by atoms with Crippen LogP contribution in [-0.2, 0) is 4.74 Å². The summed E-state index contributed by atoms with van der Waals surface area (Å²) in [7, 11) is 3.18. The molecule has 2 aromatic rings. The first-order chi connectivity index (χ1) is 11.2. The molecule has 0 aliphatic heterocycles. The second kappa shape index (κ2) is 8.55. The van der Waals surface area contributed by atoms with Gasteiger partial charge < -0.3 is 19.5 Å². The van der Waals surface area contributed by atoms with E-state index in [0.717, 1.165) is 0 Å². The lowest BCUT2D eigenvalue weighted by Gasteiger charge is -2.11. The first kappa shape index (κ1) is 17.3. The Hall–Kier alpha value is -2.05. The highest BCUT2D eigenvalue weighted by Gasteiger charge is 2.11. The molecule has 0 atom stereocenters. The van der Waals surface area contributed by atoms with Crippen LogP contribution in [-0.4, -0.2) is 33.3 Å². The van der Waals surface area contributed by atoms with Crippen molar-refractivity contribution >= 4 is 27.5 Å². The Morgan fingerprint density at radius 2 is 1.87 bits per heavy atom. The number of carbonyl (C=O) groups excluding carboxylic acids is 1. The van der Waals surface area contributed by atoms with Gasteiger partial charge in [-0.05, 0) is 46.3 Å². The average molecular weight is 380 g/mol. The molecule has 0 spiro atoms. The van der Waals surface area contributed by atoms with Gasteiger partial charge in [0.05, 0.1) is 23.9 Å². The maximum atomic E-state index is 12.4. The Kier molecular flexibility index (Phi) is 6.43. The number of halogens is 1. The van der Waals surface area contributed by atoms with Crippen molar-refractivity contribution in [1.29, 1.82) is 0 Å². The fourth-order valence-electron chi connectivity index (χ4n) is 1.94.